The average molecular weight is 584 g/mol. The number of nitrogens with zero attached hydrogens (tertiary/aromatic N) is 2. The van der Waals surface area contributed by atoms with Crippen molar-refractivity contribution in [2.24, 2.45) is 5.10 Å². The Kier molecular flexibility index (Phi) is 8.62. The van der Waals surface area contributed by atoms with E-state index in [2.05, 4.69) is 34.8 Å². The first kappa shape index (κ1) is 27.9. The number of anilines is 1. The normalized spacial score (nSPS) is 11.4. The number of hydrogen-bond donors (Lipinski definition) is 1. The Morgan fingerprint density at radius 3 is 2.27 bits per heavy atom. The average Bonchev–Trinajstić information content (AvgIpc) is 3.00. The van der Waals surface area contributed by atoms with Gasteiger partial charge in [0.1, 0.15) is 18.9 Å². The quantitative estimate of drug-likeness (QED) is 0.152. The van der Waals surface area contributed by atoms with Crippen LogP contribution >= 0.6 is 11.6 Å². The Morgan fingerprint density at radius 2 is 1.51 bits per heavy atom. The Morgan fingerprint density at radius 1 is 0.829 bits per heavy atom. The lowest BCUT2D eigenvalue weighted by molar-refractivity contribution is -0.119. The molecule has 41 heavy (non-hydrogen) atoms. The zero-order valence-corrected chi connectivity index (χ0v) is 23.4. The summed E-state index contributed by atoms with van der Waals surface area (Å²) in [5.74, 6) is 0.0665. The second-order valence-electron chi connectivity index (χ2n) is 9.11. The fourth-order valence-corrected chi connectivity index (χ4v) is 5.91. The molecule has 0 saturated carbocycles. The van der Waals surface area contributed by atoms with E-state index < -0.39 is 22.5 Å². The number of carbonyl (C=O) groups excluding carboxylic acids is 1. The zero-order valence-electron chi connectivity index (χ0n) is 21.9. The van der Waals surface area contributed by atoms with Crippen molar-refractivity contribution >= 4 is 50.2 Å². The van der Waals surface area contributed by atoms with Crippen molar-refractivity contribution in [2.75, 3.05) is 10.8 Å². The molecule has 0 heterocycles. The molecule has 0 aromatic heterocycles. The number of nitrogens with one attached hydrogen (secondary N) is 1. The van der Waals surface area contributed by atoms with Crippen molar-refractivity contribution in [1.82, 2.24) is 5.43 Å². The number of hydrogen-bond acceptors (Lipinski definition) is 5. The first-order chi connectivity index (χ1) is 19.9. The van der Waals surface area contributed by atoms with E-state index in [0.717, 1.165) is 20.8 Å². The van der Waals surface area contributed by atoms with Crippen LogP contribution in [0, 0.1) is 0 Å². The van der Waals surface area contributed by atoms with E-state index in [-0.39, 0.29) is 15.6 Å². The monoisotopic (exact) mass is 583 g/mol. The molecule has 0 unspecified atom stereocenters. The molecule has 1 N–H and O–H groups in total. The molecule has 0 aliphatic rings. The summed E-state index contributed by atoms with van der Waals surface area (Å²) in [5.41, 5.74) is 4.38. The molecule has 0 bridgehead atoms. The molecule has 5 aromatic carbocycles. The molecule has 0 atom stereocenters. The first-order valence-corrected chi connectivity index (χ1v) is 14.6. The number of amides is 1. The number of halogens is 1. The molecular formula is C32H26ClN3O4S. The van der Waals surface area contributed by atoms with Gasteiger partial charge in [0.15, 0.2) is 0 Å². The van der Waals surface area contributed by atoms with Gasteiger partial charge in [-0.2, -0.15) is 5.10 Å². The van der Waals surface area contributed by atoms with Gasteiger partial charge < -0.3 is 4.74 Å². The van der Waals surface area contributed by atoms with Crippen LogP contribution in [-0.4, -0.2) is 27.1 Å². The van der Waals surface area contributed by atoms with Crippen molar-refractivity contribution in [2.45, 2.75) is 11.5 Å². The van der Waals surface area contributed by atoms with E-state index in [1.807, 2.05) is 30.3 Å². The third-order valence-electron chi connectivity index (χ3n) is 6.24. The van der Waals surface area contributed by atoms with Crippen LogP contribution in [0.4, 0.5) is 5.69 Å². The lowest BCUT2D eigenvalue weighted by atomic mass is 10.1. The van der Waals surface area contributed by atoms with Crippen molar-refractivity contribution in [3.63, 3.8) is 0 Å². The van der Waals surface area contributed by atoms with Crippen LogP contribution in [-0.2, 0) is 21.4 Å². The minimum absolute atomic E-state index is 0.0409. The Bertz CT molecular complexity index is 1790. The molecule has 9 heteroatoms. The minimum Gasteiger partial charge on any atom is -0.489 e. The largest absolute Gasteiger partial charge is 0.489 e. The number of para-hydroxylation sites is 1. The minimum atomic E-state index is -4.07. The number of ether oxygens (including phenoxy) is 1. The van der Waals surface area contributed by atoms with Gasteiger partial charge in [-0.15, -0.1) is 0 Å². The van der Waals surface area contributed by atoms with Crippen molar-refractivity contribution in [3.05, 3.63) is 137 Å². The lowest BCUT2D eigenvalue weighted by Crippen LogP contribution is -2.39. The highest BCUT2D eigenvalue weighted by atomic mass is 35.5. The van der Waals surface area contributed by atoms with Crippen molar-refractivity contribution in [1.29, 1.82) is 0 Å². The summed E-state index contributed by atoms with van der Waals surface area (Å²) in [5, 5.41) is 6.54. The van der Waals surface area contributed by atoms with Gasteiger partial charge in [0.05, 0.1) is 21.8 Å². The van der Waals surface area contributed by atoms with Crippen LogP contribution < -0.4 is 14.5 Å². The van der Waals surface area contributed by atoms with Gasteiger partial charge in [0.2, 0.25) is 0 Å². The SMILES string of the molecule is O=C(CN(c1ccccc1Cl)S(=O)(=O)c1ccccc1)N/N=C\c1ccc(OCc2ccc3ccccc3c2)cc1. The van der Waals surface area contributed by atoms with E-state index in [4.69, 9.17) is 16.3 Å². The number of sulfonamides is 1. The van der Waals surface area contributed by atoms with Gasteiger partial charge >= 0.3 is 0 Å². The molecule has 206 valence electrons. The predicted molar refractivity (Wildman–Crippen MR) is 163 cm³/mol. The van der Waals surface area contributed by atoms with Crippen LogP contribution in [0.5, 0.6) is 5.75 Å². The molecule has 0 fully saturated rings. The molecule has 1 amide bonds. The maximum atomic E-state index is 13.4. The van der Waals surface area contributed by atoms with E-state index in [0.29, 0.717) is 12.4 Å². The highest BCUT2D eigenvalue weighted by molar-refractivity contribution is 7.92. The standard InChI is InChI=1S/C32H26ClN3O4S/c33-30-12-6-7-13-31(30)36(41(38,39)29-10-2-1-3-11-29)22-32(37)35-34-21-24-15-18-28(19-16-24)40-23-25-14-17-26-8-4-5-9-27(26)20-25/h1-21H,22-23H2,(H,35,37)/b34-21-. The zero-order chi connectivity index (χ0) is 28.7. The summed E-state index contributed by atoms with van der Waals surface area (Å²) >= 11 is 6.30. The predicted octanol–water partition coefficient (Wildman–Crippen LogP) is 6.42. The molecule has 5 rings (SSSR count). The molecule has 7 nitrogen and oxygen atoms in total. The summed E-state index contributed by atoms with van der Waals surface area (Å²) in [6.07, 6.45) is 1.47. The number of hydrazone groups is 1. The van der Waals surface area contributed by atoms with Crippen LogP contribution in [0.25, 0.3) is 10.8 Å². The maximum Gasteiger partial charge on any atom is 0.264 e. The van der Waals surface area contributed by atoms with E-state index in [9.17, 15) is 13.2 Å². The van der Waals surface area contributed by atoms with Crippen LogP contribution in [0.15, 0.2) is 131 Å². The number of fused-ring (bicyclic) bond motifs is 1. The molecule has 0 saturated heterocycles. The number of benzene rings is 5. The van der Waals surface area contributed by atoms with Crippen molar-refractivity contribution in [3.8, 4) is 5.75 Å². The Balaban J connectivity index is 1.21. The first-order valence-electron chi connectivity index (χ1n) is 12.7. The molecular weight excluding hydrogens is 558 g/mol. The van der Waals surface area contributed by atoms with Gasteiger partial charge in [0.25, 0.3) is 15.9 Å². The van der Waals surface area contributed by atoms with Crippen LogP contribution in [0.1, 0.15) is 11.1 Å². The van der Waals surface area contributed by atoms with E-state index in [1.165, 1.54) is 23.7 Å². The number of carbonyl (C=O) groups is 1. The Hall–Kier alpha value is -4.66. The number of rotatable bonds is 10. The van der Waals surface area contributed by atoms with E-state index in [1.54, 1.807) is 54.6 Å². The van der Waals surface area contributed by atoms with Crippen LogP contribution in [0.2, 0.25) is 5.02 Å². The molecule has 0 aliphatic carbocycles. The second-order valence-corrected chi connectivity index (χ2v) is 11.4. The molecule has 5 aromatic rings. The smallest absolute Gasteiger partial charge is 0.264 e. The maximum absolute atomic E-state index is 13.4. The highest BCUT2D eigenvalue weighted by Gasteiger charge is 2.28. The fraction of sp³-hybridized carbons (Fsp3) is 0.0625. The second kappa shape index (κ2) is 12.7. The Labute approximate surface area is 243 Å². The third kappa shape index (κ3) is 6.92. The summed E-state index contributed by atoms with van der Waals surface area (Å²) in [6, 6.07) is 36.0. The van der Waals surface area contributed by atoms with Crippen LogP contribution in [0.3, 0.4) is 0 Å². The molecule has 0 spiro atoms. The van der Waals surface area contributed by atoms with Gasteiger partial charge in [-0.05, 0) is 76.5 Å². The van der Waals surface area contributed by atoms with Gasteiger partial charge in [-0.1, -0.05) is 78.3 Å². The summed E-state index contributed by atoms with van der Waals surface area (Å²) in [6.45, 7) is -0.0814. The van der Waals surface area contributed by atoms with Gasteiger partial charge in [0, 0.05) is 0 Å². The van der Waals surface area contributed by atoms with Gasteiger partial charge in [-0.25, -0.2) is 13.8 Å². The van der Waals surface area contributed by atoms with Gasteiger partial charge in [-0.3, -0.25) is 9.10 Å². The topological polar surface area (TPSA) is 88.1 Å². The van der Waals surface area contributed by atoms with Crippen molar-refractivity contribution < 1.29 is 17.9 Å². The summed E-state index contributed by atoms with van der Waals surface area (Å²) < 4.78 is 33.7. The fourth-order valence-electron chi connectivity index (χ4n) is 4.16. The third-order valence-corrected chi connectivity index (χ3v) is 8.34. The van der Waals surface area contributed by atoms with E-state index >= 15 is 0 Å². The summed E-state index contributed by atoms with van der Waals surface area (Å²) in [4.78, 5) is 12.8. The highest BCUT2D eigenvalue weighted by Crippen LogP contribution is 2.30. The lowest BCUT2D eigenvalue weighted by Gasteiger charge is -2.24. The summed E-state index contributed by atoms with van der Waals surface area (Å²) in [7, 11) is -4.07. The molecule has 0 radical (unpaired) electrons. The molecule has 0 aliphatic heterocycles.